The zero-order valence-electron chi connectivity index (χ0n) is 12.4. The molecule has 0 saturated carbocycles. The largest absolute Gasteiger partial charge is 0.396 e. The Bertz CT molecular complexity index is 266. The molecule has 0 bridgehead atoms. The molecule has 0 aliphatic heterocycles. The van der Waals surface area contributed by atoms with Crippen LogP contribution in [-0.2, 0) is 9.53 Å². The van der Waals surface area contributed by atoms with E-state index in [1.165, 1.54) is 0 Å². The van der Waals surface area contributed by atoms with Crippen LogP contribution in [0.2, 0.25) is 0 Å². The lowest BCUT2D eigenvalue weighted by molar-refractivity contribution is -0.192. The molecule has 0 aromatic rings. The highest BCUT2D eigenvalue weighted by molar-refractivity contribution is 5.76. The van der Waals surface area contributed by atoms with Crippen LogP contribution >= 0.6 is 0 Å². The number of amides is 1. The van der Waals surface area contributed by atoms with Gasteiger partial charge in [0.05, 0.1) is 6.61 Å². The third kappa shape index (κ3) is 14.9. The number of terminal acetylenes is 1. The summed E-state index contributed by atoms with van der Waals surface area (Å²) in [5.41, 5.74) is -0.330. The molecule has 0 spiro atoms. The molecule has 0 saturated heterocycles. The molecule has 0 aliphatic rings. The second kappa shape index (κ2) is 9.79. The summed E-state index contributed by atoms with van der Waals surface area (Å²) in [4.78, 5) is 11.5. The average Bonchev–Trinajstić information content (AvgIpc) is 2.28. The van der Waals surface area contributed by atoms with Gasteiger partial charge in [0.2, 0.25) is 5.91 Å². The predicted molar refractivity (Wildman–Crippen MR) is 75.3 cm³/mol. The Hall–Kier alpha value is -1.09. The highest BCUT2D eigenvalue weighted by Gasteiger charge is 2.25. The van der Waals surface area contributed by atoms with E-state index in [2.05, 4.69) is 18.2 Å². The van der Waals surface area contributed by atoms with Crippen LogP contribution < -0.4 is 5.32 Å². The van der Waals surface area contributed by atoms with Gasteiger partial charge in [0.1, 0.15) is 0 Å². The summed E-state index contributed by atoms with van der Waals surface area (Å²) in [6.45, 7) is 7.80. The molecule has 1 amide bonds. The molecule has 0 rings (SSSR count). The molecule has 112 valence electrons. The highest BCUT2D eigenvalue weighted by Crippen LogP contribution is 2.22. The van der Waals surface area contributed by atoms with Crippen LogP contribution in [0, 0.1) is 18.3 Å². The summed E-state index contributed by atoms with van der Waals surface area (Å²) in [5.74, 6) is -1.24. The van der Waals surface area contributed by atoms with E-state index in [0.29, 0.717) is 26.0 Å². The topological polar surface area (TPSA) is 78.8 Å². The zero-order chi connectivity index (χ0) is 15.5. The number of aliphatic hydroxyl groups excluding tert-OH is 1. The molecule has 5 nitrogen and oxygen atoms in total. The number of carbonyl (C=O) groups excluding carboxylic acids is 1. The quantitative estimate of drug-likeness (QED) is 0.349. The van der Waals surface area contributed by atoms with Gasteiger partial charge in [0.15, 0.2) is 5.79 Å². The molecular weight excluding hydrogens is 246 g/mol. The molecule has 19 heavy (non-hydrogen) atoms. The van der Waals surface area contributed by atoms with Crippen LogP contribution in [-0.4, -0.2) is 41.7 Å². The Morgan fingerprint density at radius 2 is 1.79 bits per heavy atom. The molecular formula is C14H27NO4. The fourth-order valence-corrected chi connectivity index (χ4v) is 1.23. The van der Waals surface area contributed by atoms with Gasteiger partial charge in [-0.05, 0) is 25.7 Å². The van der Waals surface area contributed by atoms with Gasteiger partial charge < -0.3 is 20.3 Å². The Labute approximate surface area is 116 Å². The van der Waals surface area contributed by atoms with Crippen molar-refractivity contribution in [2.24, 2.45) is 5.41 Å². The molecule has 0 heterocycles. The van der Waals surface area contributed by atoms with Crippen molar-refractivity contribution in [2.45, 2.75) is 46.3 Å². The first kappa shape index (κ1) is 20.2. The van der Waals surface area contributed by atoms with Gasteiger partial charge in [0, 0.05) is 19.6 Å². The minimum Gasteiger partial charge on any atom is -0.396 e. The van der Waals surface area contributed by atoms with E-state index in [1.54, 1.807) is 13.8 Å². The van der Waals surface area contributed by atoms with Crippen molar-refractivity contribution >= 4 is 5.91 Å². The second-order valence-electron chi connectivity index (χ2n) is 5.50. The summed E-state index contributed by atoms with van der Waals surface area (Å²) < 4.78 is 5.26. The van der Waals surface area contributed by atoms with Crippen molar-refractivity contribution in [3.63, 3.8) is 0 Å². The predicted octanol–water partition coefficient (Wildman–Crippen LogP) is 0.896. The number of carbonyl (C=O) groups is 1. The second-order valence-corrected chi connectivity index (χ2v) is 5.50. The number of hydrogen-bond acceptors (Lipinski definition) is 4. The molecule has 0 atom stereocenters. The van der Waals surface area contributed by atoms with Gasteiger partial charge in [0.25, 0.3) is 0 Å². The van der Waals surface area contributed by atoms with Crippen LogP contribution in [0.1, 0.15) is 40.5 Å². The Morgan fingerprint density at radius 3 is 2.21 bits per heavy atom. The van der Waals surface area contributed by atoms with E-state index in [1.807, 2.05) is 13.8 Å². The van der Waals surface area contributed by atoms with Gasteiger partial charge in [-0.3, -0.25) is 4.79 Å². The molecule has 0 aliphatic carbocycles. The number of aliphatic hydroxyl groups is 2. The Morgan fingerprint density at radius 1 is 1.26 bits per heavy atom. The van der Waals surface area contributed by atoms with Crippen molar-refractivity contribution < 1.29 is 19.7 Å². The summed E-state index contributed by atoms with van der Waals surface area (Å²) >= 11 is 0. The van der Waals surface area contributed by atoms with Crippen molar-refractivity contribution in [1.82, 2.24) is 5.32 Å². The van der Waals surface area contributed by atoms with Gasteiger partial charge in [-0.25, -0.2) is 0 Å². The van der Waals surface area contributed by atoms with Gasteiger partial charge in [-0.2, -0.15) is 0 Å². The summed E-state index contributed by atoms with van der Waals surface area (Å²) in [6.07, 6.45) is 8.89. The third-order valence-corrected chi connectivity index (χ3v) is 2.11. The van der Waals surface area contributed by atoms with Gasteiger partial charge >= 0.3 is 0 Å². The summed E-state index contributed by atoms with van der Waals surface area (Å²) in [7, 11) is 0. The smallest absolute Gasteiger partial charge is 0.220 e. The Balaban J connectivity index is 0. The summed E-state index contributed by atoms with van der Waals surface area (Å²) in [6, 6.07) is 0. The van der Waals surface area contributed by atoms with E-state index in [9.17, 15) is 9.90 Å². The maximum absolute atomic E-state index is 11.5. The van der Waals surface area contributed by atoms with Crippen LogP contribution in [0.3, 0.4) is 0 Å². The van der Waals surface area contributed by atoms with Crippen LogP contribution in [0.15, 0.2) is 0 Å². The summed E-state index contributed by atoms with van der Waals surface area (Å²) in [5, 5.41) is 20.7. The number of nitrogens with one attached hydrogen (secondary N) is 1. The lowest BCUT2D eigenvalue weighted by Crippen LogP contribution is -2.35. The highest BCUT2D eigenvalue weighted by atomic mass is 16.6. The molecule has 0 unspecified atom stereocenters. The minimum atomic E-state index is -1.18. The van der Waals surface area contributed by atoms with Gasteiger partial charge in [-0.1, -0.05) is 13.8 Å². The molecule has 3 N–H and O–H groups in total. The zero-order valence-corrected chi connectivity index (χ0v) is 12.4. The van der Waals surface area contributed by atoms with E-state index >= 15 is 0 Å². The first-order chi connectivity index (χ1) is 8.66. The fourth-order valence-electron chi connectivity index (χ4n) is 1.23. The van der Waals surface area contributed by atoms with E-state index in [-0.39, 0.29) is 17.9 Å². The maximum atomic E-state index is 11.5. The number of rotatable bonds is 8. The monoisotopic (exact) mass is 273 g/mol. The number of ether oxygens (including phenoxy) is 1. The SMILES string of the molecule is C#C.CC(C)(COC(C)(C)O)CC(=O)NCCCO. The third-order valence-electron chi connectivity index (χ3n) is 2.11. The maximum Gasteiger partial charge on any atom is 0.220 e. The van der Waals surface area contributed by atoms with Crippen LogP contribution in [0.25, 0.3) is 0 Å². The number of hydrogen-bond donors (Lipinski definition) is 3. The van der Waals surface area contributed by atoms with Crippen molar-refractivity contribution in [2.75, 3.05) is 19.8 Å². The van der Waals surface area contributed by atoms with E-state index < -0.39 is 5.79 Å². The first-order valence-corrected chi connectivity index (χ1v) is 6.23. The molecule has 0 aromatic carbocycles. The van der Waals surface area contributed by atoms with E-state index in [4.69, 9.17) is 9.84 Å². The van der Waals surface area contributed by atoms with Crippen molar-refractivity contribution in [3.8, 4) is 12.8 Å². The van der Waals surface area contributed by atoms with Gasteiger partial charge in [-0.15, -0.1) is 12.8 Å². The molecule has 0 aromatic heterocycles. The van der Waals surface area contributed by atoms with Crippen molar-refractivity contribution in [1.29, 1.82) is 0 Å². The van der Waals surface area contributed by atoms with Crippen molar-refractivity contribution in [3.05, 3.63) is 0 Å². The first-order valence-electron chi connectivity index (χ1n) is 6.23. The normalized spacial score (nSPS) is 11.4. The average molecular weight is 273 g/mol. The van der Waals surface area contributed by atoms with E-state index in [0.717, 1.165) is 0 Å². The lowest BCUT2D eigenvalue weighted by Gasteiger charge is -2.28. The minimum absolute atomic E-state index is 0.0669. The Kier molecular flexibility index (Phi) is 10.4. The molecule has 5 heteroatoms. The van der Waals surface area contributed by atoms with Crippen LogP contribution in [0.5, 0.6) is 0 Å². The lowest BCUT2D eigenvalue weighted by atomic mass is 9.90. The standard InChI is InChI=1S/C12H25NO4.C2H2/c1-11(2,9-17-12(3,4)16)8-10(15)13-6-5-7-14;1-2/h14,16H,5-9H2,1-4H3,(H,13,15);1-2H. The molecule has 0 radical (unpaired) electrons. The fraction of sp³-hybridized carbons (Fsp3) is 0.786. The van der Waals surface area contributed by atoms with Crippen LogP contribution in [0.4, 0.5) is 0 Å². The molecule has 0 fully saturated rings.